The number of methoxy groups -OCH3 is 1. The lowest BCUT2D eigenvalue weighted by atomic mass is 10.1. The maximum Gasteiger partial charge on any atom is 0.274 e. The van der Waals surface area contributed by atoms with Gasteiger partial charge < -0.3 is 14.5 Å². The zero-order valence-corrected chi connectivity index (χ0v) is 15.6. The number of thiazole rings is 1. The molecule has 3 heterocycles. The van der Waals surface area contributed by atoms with E-state index in [1.807, 2.05) is 17.3 Å². The van der Waals surface area contributed by atoms with Gasteiger partial charge in [0.1, 0.15) is 0 Å². The predicted molar refractivity (Wildman–Crippen MR) is 95.8 cm³/mol. The molecule has 1 fully saturated rings. The largest absolute Gasteiger partial charge is 0.480 e. The average Bonchev–Trinajstić information content (AvgIpc) is 3.24. The number of hydrogen-bond acceptors (Lipinski definition) is 7. The Labute approximate surface area is 151 Å². The second kappa shape index (κ2) is 7.88. The first-order chi connectivity index (χ1) is 12.1. The molecule has 0 spiro atoms. The Balaban J connectivity index is 1.52. The first-order valence-electron chi connectivity index (χ1n) is 8.31. The lowest BCUT2D eigenvalue weighted by Gasteiger charge is -2.21. The van der Waals surface area contributed by atoms with Gasteiger partial charge in [0.05, 0.1) is 18.3 Å². The van der Waals surface area contributed by atoms with E-state index in [1.54, 1.807) is 23.5 Å². The van der Waals surface area contributed by atoms with E-state index in [9.17, 15) is 4.79 Å². The third-order valence-electron chi connectivity index (χ3n) is 4.47. The molecule has 0 N–H and O–H groups in total. The summed E-state index contributed by atoms with van der Waals surface area (Å²) in [6, 6.07) is 3.33. The first kappa shape index (κ1) is 17.8. The van der Waals surface area contributed by atoms with Gasteiger partial charge in [-0.1, -0.05) is 0 Å². The molecule has 134 valence electrons. The van der Waals surface area contributed by atoms with E-state index < -0.39 is 0 Å². The highest BCUT2D eigenvalue weighted by atomic mass is 32.1. The van der Waals surface area contributed by atoms with Crippen LogP contribution >= 0.6 is 11.3 Å². The number of hydrogen-bond donors (Lipinski definition) is 0. The van der Waals surface area contributed by atoms with Gasteiger partial charge >= 0.3 is 0 Å². The van der Waals surface area contributed by atoms with Crippen LogP contribution in [0.5, 0.6) is 5.88 Å². The second-order valence-electron chi connectivity index (χ2n) is 6.42. The molecule has 8 heteroatoms. The van der Waals surface area contributed by atoms with Crippen LogP contribution in [0, 0.1) is 12.8 Å². The van der Waals surface area contributed by atoms with Gasteiger partial charge in [-0.15, -0.1) is 21.5 Å². The smallest absolute Gasteiger partial charge is 0.274 e. The van der Waals surface area contributed by atoms with Crippen molar-refractivity contribution in [2.24, 2.45) is 5.92 Å². The standard InChI is InChI=1S/C17H23N5O2S/c1-12-15(25-11-18-12)10-21(2)8-13-6-7-22(9-13)17(23)14-4-5-16(24-3)20-19-14/h4-5,11,13H,6-10H2,1-3H3. The lowest BCUT2D eigenvalue weighted by molar-refractivity contribution is 0.0777. The molecule has 1 atom stereocenters. The van der Waals surface area contributed by atoms with Gasteiger partial charge in [-0.2, -0.15) is 0 Å². The van der Waals surface area contributed by atoms with E-state index in [1.165, 1.54) is 12.0 Å². The lowest BCUT2D eigenvalue weighted by Crippen LogP contribution is -2.32. The summed E-state index contributed by atoms with van der Waals surface area (Å²) in [5, 5.41) is 7.83. The molecule has 2 aromatic heterocycles. The fourth-order valence-electron chi connectivity index (χ4n) is 3.10. The Morgan fingerprint density at radius 3 is 2.92 bits per heavy atom. The number of rotatable bonds is 6. The number of nitrogens with zero attached hydrogens (tertiary/aromatic N) is 5. The predicted octanol–water partition coefficient (Wildman–Crippen LogP) is 1.84. The topological polar surface area (TPSA) is 71.5 Å². The van der Waals surface area contributed by atoms with Crippen molar-refractivity contribution in [3.8, 4) is 5.88 Å². The molecule has 1 unspecified atom stereocenters. The van der Waals surface area contributed by atoms with Gasteiger partial charge in [0.2, 0.25) is 5.88 Å². The van der Waals surface area contributed by atoms with Crippen molar-refractivity contribution in [1.29, 1.82) is 0 Å². The van der Waals surface area contributed by atoms with Crippen molar-refractivity contribution < 1.29 is 9.53 Å². The van der Waals surface area contributed by atoms with Crippen LogP contribution in [0.3, 0.4) is 0 Å². The summed E-state index contributed by atoms with van der Waals surface area (Å²) in [4.78, 5) is 22.3. The molecule has 1 aliphatic heterocycles. The minimum Gasteiger partial charge on any atom is -0.480 e. The minimum absolute atomic E-state index is 0.0568. The van der Waals surface area contributed by atoms with Crippen molar-refractivity contribution in [3.63, 3.8) is 0 Å². The fraction of sp³-hybridized carbons (Fsp3) is 0.529. The van der Waals surface area contributed by atoms with E-state index in [0.29, 0.717) is 17.5 Å². The Kier molecular flexibility index (Phi) is 5.60. The van der Waals surface area contributed by atoms with Crippen LogP contribution in [0.15, 0.2) is 17.6 Å². The molecule has 2 aromatic rings. The fourth-order valence-corrected chi connectivity index (χ4v) is 3.96. The highest BCUT2D eigenvalue weighted by Gasteiger charge is 2.28. The molecule has 0 bridgehead atoms. The molecular weight excluding hydrogens is 338 g/mol. The Hall–Kier alpha value is -2.06. The zero-order chi connectivity index (χ0) is 17.8. The van der Waals surface area contributed by atoms with Crippen molar-refractivity contribution >= 4 is 17.2 Å². The SMILES string of the molecule is COc1ccc(C(=O)N2CCC(CN(C)Cc3scnc3C)C2)nn1. The van der Waals surface area contributed by atoms with Crippen molar-refractivity contribution in [1.82, 2.24) is 25.0 Å². The Morgan fingerprint density at radius 1 is 1.44 bits per heavy atom. The summed E-state index contributed by atoms with van der Waals surface area (Å²) in [6.45, 7) is 5.45. The summed E-state index contributed by atoms with van der Waals surface area (Å²) in [5.74, 6) is 0.836. The highest BCUT2D eigenvalue weighted by molar-refractivity contribution is 7.09. The van der Waals surface area contributed by atoms with Crippen molar-refractivity contribution in [3.05, 3.63) is 33.9 Å². The number of aromatic nitrogens is 3. The number of aryl methyl sites for hydroxylation is 1. The van der Waals surface area contributed by atoms with Gasteiger partial charge in [-0.3, -0.25) is 4.79 Å². The van der Waals surface area contributed by atoms with E-state index >= 15 is 0 Å². The quantitative estimate of drug-likeness (QED) is 0.782. The molecule has 0 aliphatic carbocycles. The third kappa shape index (κ3) is 4.32. The molecule has 0 radical (unpaired) electrons. The summed E-state index contributed by atoms with van der Waals surface area (Å²) < 4.78 is 4.98. The molecular formula is C17H23N5O2S. The monoisotopic (exact) mass is 361 g/mol. The molecule has 1 amide bonds. The van der Waals surface area contributed by atoms with Gasteiger partial charge in [0.25, 0.3) is 5.91 Å². The number of likely N-dealkylation sites (tertiary alicyclic amines) is 1. The Morgan fingerprint density at radius 2 is 2.28 bits per heavy atom. The number of amides is 1. The van der Waals surface area contributed by atoms with Crippen LogP contribution in [0.4, 0.5) is 0 Å². The zero-order valence-electron chi connectivity index (χ0n) is 14.8. The molecule has 0 saturated carbocycles. The third-order valence-corrected chi connectivity index (χ3v) is 5.39. The van der Waals surface area contributed by atoms with Gasteiger partial charge in [0, 0.05) is 37.1 Å². The molecule has 3 rings (SSSR count). The molecule has 0 aromatic carbocycles. The molecule has 25 heavy (non-hydrogen) atoms. The second-order valence-corrected chi connectivity index (χ2v) is 7.36. The Bertz CT molecular complexity index is 718. The van der Waals surface area contributed by atoms with Crippen LogP contribution in [-0.4, -0.2) is 64.7 Å². The van der Waals surface area contributed by atoms with E-state index in [2.05, 4.69) is 27.1 Å². The van der Waals surface area contributed by atoms with Crippen LogP contribution in [0.1, 0.15) is 27.5 Å². The summed E-state index contributed by atoms with van der Waals surface area (Å²) in [7, 11) is 3.65. The van der Waals surface area contributed by atoms with Crippen molar-refractivity contribution in [2.45, 2.75) is 19.9 Å². The van der Waals surface area contributed by atoms with E-state index in [4.69, 9.17) is 4.74 Å². The van der Waals surface area contributed by atoms with Gasteiger partial charge in [-0.05, 0) is 32.4 Å². The van der Waals surface area contributed by atoms with Crippen LogP contribution in [0.25, 0.3) is 0 Å². The maximum absolute atomic E-state index is 12.5. The van der Waals surface area contributed by atoms with Crippen molar-refractivity contribution in [2.75, 3.05) is 33.8 Å². The normalized spacial score (nSPS) is 17.3. The summed E-state index contributed by atoms with van der Waals surface area (Å²) in [5.41, 5.74) is 3.37. The summed E-state index contributed by atoms with van der Waals surface area (Å²) in [6.07, 6.45) is 1.02. The van der Waals surface area contributed by atoms with Crippen LogP contribution < -0.4 is 4.74 Å². The molecule has 1 aliphatic rings. The van der Waals surface area contributed by atoms with Crippen LogP contribution in [-0.2, 0) is 6.54 Å². The van der Waals surface area contributed by atoms with Crippen LogP contribution in [0.2, 0.25) is 0 Å². The molecule has 1 saturated heterocycles. The first-order valence-corrected chi connectivity index (χ1v) is 9.19. The maximum atomic E-state index is 12.5. The van der Waals surface area contributed by atoms with E-state index in [-0.39, 0.29) is 5.91 Å². The highest BCUT2D eigenvalue weighted by Crippen LogP contribution is 2.21. The van der Waals surface area contributed by atoms with Gasteiger partial charge in [0.15, 0.2) is 5.69 Å². The minimum atomic E-state index is -0.0568. The number of carbonyl (C=O) groups is 1. The number of carbonyl (C=O) groups excluding carboxylic acids is 1. The number of ether oxygens (including phenoxy) is 1. The van der Waals surface area contributed by atoms with E-state index in [0.717, 1.165) is 38.3 Å². The average molecular weight is 361 g/mol. The summed E-state index contributed by atoms with van der Waals surface area (Å²) >= 11 is 1.70. The molecule has 7 nitrogen and oxygen atoms in total. The van der Waals surface area contributed by atoms with Gasteiger partial charge in [-0.25, -0.2) is 4.98 Å².